The van der Waals surface area contributed by atoms with Crippen molar-refractivity contribution >= 4 is 25.4 Å². The van der Waals surface area contributed by atoms with Gasteiger partial charge in [-0.05, 0) is 25.1 Å². The molecule has 0 heterocycles. The maximum absolute atomic E-state index is 11.5. The third-order valence-electron chi connectivity index (χ3n) is 2.62. The molecule has 1 rings (SSSR count). The molecule has 0 saturated heterocycles. The van der Waals surface area contributed by atoms with Crippen molar-refractivity contribution in [2.45, 2.75) is 24.8 Å². The Morgan fingerprint density at radius 3 is 2.37 bits per heavy atom. The third kappa shape index (κ3) is 5.20. The summed E-state index contributed by atoms with van der Waals surface area (Å²) in [6, 6.07) is 6.07. The average Bonchev–Trinajstić information content (AvgIpc) is 2.27. The fourth-order valence-corrected chi connectivity index (χ4v) is 3.39. The minimum atomic E-state index is -3.26. The van der Waals surface area contributed by atoms with Gasteiger partial charge in [0.05, 0.1) is 10.6 Å². The molecule has 108 valence electrons. The molecule has 1 aromatic rings. The molecular formula is C12H19NO4S2. The lowest BCUT2D eigenvalue weighted by molar-refractivity contribution is 0.592. The van der Waals surface area contributed by atoms with E-state index in [0.717, 1.165) is 6.26 Å². The second-order valence-electron chi connectivity index (χ2n) is 4.54. The van der Waals surface area contributed by atoms with Crippen molar-refractivity contribution in [2.24, 2.45) is 0 Å². The Balaban J connectivity index is 2.84. The maximum atomic E-state index is 11.5. The van der Waals surface area contributed by atoms with E-state index in [4.69, 9.17) is 0 Å². The Morgan fingerprint density at radius 1 is 1.21 bits per heavy atom. The van der Waals surface area contributed by atoms with E-state index < -0.39 is 19.7 Å². The predicted octanol–water partition coefficient (Wildman–Crippen LogP) is 1.33. The van der Waals surface area contributed by atoms with Crippen LogP contribution in [0.2, 0.25) is 0 Å². The minimum absolute atomic E-state index is 0.0204. The van der Waals surface area contributed by atoms with Gasteiger partial charge >= 0.3 is 0 Å². The summed E-state index contributed by atoms with van der Waals surface area (Å²) in [6.45, 7) is 3.35. The lowest BCUT2D eigenvalue weighted by Gasteiger charge is -2.15. The highest BCUT2D eigenvalue weighted by atomic mass is 32.2. The Morgan fingerprint density at radius 2 is 1.84 bits per heavy atom. The standard InChI is InChI=1S/C12H19NO4S2/c1-4-19(16,17)9-10(2)13-11-6-5-7-12(8-11)18(3,14)15/h5-8,10,13H,4,9H2,1-3H3. The van der Waals surface area contributed by atoms with E-state index in [1.54, 1.807) is 26.0 Å². The summed E-state index contributed by atoms with van der Waals surface area (Å²) in [5, 5.41) is 3.00. The first kappa shape index (κ1) is 16.0. The number of hydrogen-bond donors (Lipinski definition) is 1. The molecule has 0 aliphatic rings. The van der Waals surface area contributed by atoms with E-state index in [-0.39, 0.29) is 22.4 Å². The summed E-state index contributed by atoms with van der Waals surface area (Å²) in [5.74, 6) is 0.120. The Kier molecular flexibility index (Phi) is 4.98. The summed E-state index contributed by atoms with van der Waals surface area (Å²) in [4.78, 5) is 0.211. The van der Waals surface area contributed by atoms with Crippen LogP contribution in [0.25, 0.3) is 0 Å². The summed E-state index contributed by atoms with van der Waals surface area (Å²) >= 11 is 0. The Hall–Kier alpha value is -1.08. The first-order valence-electron chi connectivity index (χ1n) is 5.91. The molecule has 5 nitrogen and oxygen atoms in total. The van der Waals surface area contributed by atoms with Crippen LogP contribution in [0.3, 0.4) is 0 Å². The number of hydrogen-bond acceptors (Lipinski definition) is 5. The first-order chi connectivity index (χ1) is 8.64. The molecule has 0 saturated carbocycles. The van der Waals surface area contributed by atoms with E-state index in [0.29, 0.717) is 5.69 Å². The molecule has 0 bridgehead atoms. The number of anilines is 1. The molecular weight excluding hydrogens is 286 g/mol. The number of benzene rings is 1. The summed E-state index contributed by atoms with van der Waals surface area (Å²) in [5.41, 5.74) is 0.599. The fourth-order valence-electron chi connectivity index (χ4n) is 1.64. The van der Waals surface area contributed by atoms with Gasteiger partial charge in [0.2, 0.25) is 0 Å². The first-order valence-corrected chi connectivity index (χ1v) is 9.62. The normalized spacial score (nSPS) is 14.1. The van der Waals surface area contributed by atoms with Crippen LogP contribution in [-0.2, 0) is 19.7 Å². The van der Waals surface area contributed by atoms with Crippen LogP contribution in [0.1, 0.15) is 13.8 Å². The van der Waals surface area contributed by atoms with Crippen LogP contribution in [0.4, 0.5) is 5.69 Å². The van der Waals surface area contributed by atoms with Crippen LogP contribution in [0.15, 0.2) is 29.2 Å². The highest BCUT2D eigenvalue weighted by Gasteiger charge is 2.14. The van der Waals surface area contributed by atoms with Crippen molar-refractivity contribution in [1.82, 2.24) is 0 Å². The van der Waals surface area contributed by atoms with Gasteiger partial charge in [-0.3, -0.25) is 0 Å². The molecule has 0 fully saturated rings. The van der Waals surface area contributed by atoms with Crippen LogP contribution < -0.4 is 5.32 Å². The van der Waals surface area contributed by atoms with Gasteiger partial charge in [-0.2, -0.15) is 0 Å². The van der Waals surface area contributed by atoms with Gasteiger partial charge in [0.1, 0.15) is 0 Å². The summed E-state index contributed by atoms with van der Waals surface area (Å²) in [6.07, 6.45) is 1.14. The number of rotatable bonds is 6. The van der Waals surface area contributed by atoms with E-state index in [2.05, 4.69) is 5.32 Å². The van der Waals surface area contributed by atoms with Gasteiger partial charge in [0, 0.05) is 23.7 Å². The van der Waals surface area contributed by atoms with Crippen molar-refractivity contribution < 1.29 is 16.8 Å². The zero-order valence-corrected chi connectivity index (χ0v) is 12.9. The van der Waals surface area contributed by atoms with Gasteiger partial charge in [-0.25, -0.2) is 16.8 Å². The van der Waals surface area contributed by atoms with Gasteiger partial charge < -0.3 is 5.32 Å². The fraction of sp³-hybridized carbons (Fsp3) is 0.500. The SMILES string of the molecule is CCS(=O)(=O)CC(C)Nc1cccc(S(C)(=O)=O)c1. The maximum Gasteiger partial charge on any atom is 0.175 e. The molecule has 19 heavy (non-hydrogen) atoms. The highest BCUT2D eigenvalue weighted by Crippen LogP contribution is 2.16. The zero-order chi connectivity index (χ0) is 14.7. The molecule has 7 heteroatoms. The van der Waals surface area contributed by atoms with Crippen molar-refractivity contribution in [3.8, 4) is 0 Å². The molecule has 0 aliphatic heterocycles. The highest BCUT2D eigenvalue weighted by molar-refractivity contribution is 7.91. The quantitative estimate of drug-likeness (QED) is 0.857. The van der Waals surface area contributed by atoms with Gasteiger partial charge in [0.15, 0.2) is 19.7 Å². The van der Waals surface area contributed by atoms with Crippen molar-refractivity contribution in [1.29, 1.82) is 0 Å². The molecule has 0 radical (unpaired) electrons. The summed E-state index contributed by atoms with van der Waals surface area (Å²) in [7, 11) is -6.32. The van der Waals surface area contributed by atoms with Crippen LogP contribution in [-0.4, -0.2) is 40.6 Å². The largest absolute Gasteiger partial charge is 0.382 e. The molecule has 0 aromatic heterocycles. The van der Waals surface area contributed by atoms with E-state index in [9.17, 15) is 16.8 Å². The van der Waals surface area contributed by atoms with Gasteiger partial charge in [0.25, 0.3) is 0 Å². The molecule has 1 aromatic carbocycles. The lowest BCUT2D eigenvalue weighted by atomic mass is 10.3. The topological polar surface area (TPSA) is 80.3 Å². The van der Waals surface area contributed by atoms with Crippen LogP contribution in [0.5, 0.6) is 0 Å². The molecule has 0 amide bonds. The van der Waals surface area contributed by atoms with Crippen molar-refractivity contribution in [2.75, 3.05) is 23.1 Å². The molecule has 1 atom stereocenters. The minimum Gasteiger partial charge on any atom is -0.382 e. The smallest absolute Gasteiger partial charge is 0.175 e. The van der Waals surface area contributed by atoms with E-state index in [1.165, 1.54) is 12.1 Å². The molecule has 0 spiro atoms. The summed E-state index contributed by atoms with van der Waals surface area (Å²) < 4.78 is 45.8. The number of sulfone groups is 2. The average molecular weight is 305 g/mol. The van der Waals surface area contributed by atoms with Crippen molar-refractivity contribution in [3.05, 3.63) is 24.3 Å². The molecule has 1 N–H and O–H groups in total. The third-order valence-corrected chi connectivity index (χ3v) is 5.62. The predicted molar refractivity (Wildman–Crippen MR) is 77.0 cm³/mol. The zero-order valence-electron chi connectivity index (χ0n) is 11.3. The molecule has 1 unspecified atom stereocenters. The van der Waals surface area contributed by atoms with Crippen molar-refractivity contribution in [3.63, 3.8) is 0 Å². The van der Waals surface area contributed by atoms with Crippen LogP contribution in [0, 0.1) is 0 Å². The molecule has 0 aliphatic carbocycles. The number of nitrogens with one attached hydrogen (secondary N) is 1. The monoisotopic (exact) mass is 305 g/mol. The second kappa shape index (κ2) is 5.92. The second-order valence-corrected chi connectivity index (χ2v) is 8.96. The van der Waals surface area contributed by atoms with Gasteiger partial charge in [-0.15, -0.1) is 0 Å². The van der Waals surface area contributed by atoms with E-state index >= 15 is 0 Å². The van der Waals surface area contributed by atoms with Crippen LogP contribution >= 0.6 is 0 Å². The Bertz CT molecular complexity index is 635. The Labute approximate surface area is 114 Å². The van der Waals surface area contributed by atoms with E-state index in [1.807, 2.05) is 0 Å². The van der Waals surface area contributed by atoms with Gasteiger partial charge in [-0.1, -0.05) is 13.0 Å². The lowest BCUT2D eigenvalue weighted by Crippen LogP contribution is -2.26.